The highest BCUT2D eigenvalue weighted by molar-refractivity contribution is 5.12. The van der Waals surface area contributed by atoms with Crippen LogP contribution in [-0.2, 0) is 0 Å². The Bertz CT molecular complexity index is 194. The smallest absolute Gasteiger partial charge is 0.0819 e. The zero-order valence-electron chi connectivity index (χ0n) is 7.42. The third-order valence-corrected chi connectivity index (χ3v) is 2.71. The Balaban J connectivity index is 2.68. The van der Waals surface area contributed by atoms with Crippen LogP contribution < -0.4 is 0 Å². The number of rotatable bonds is 2. The summed E-state index contributed by atoms with van der Waals surface area (Å²) in [6, 6.07) is 0. The predicted molar refractivity (Wildman–Crippen MR) is 50.6 cm³/mol. The van der Waals surface area contributed by atoms with Gasteiger partial charge in [-0.05, 0) is 12.8 Å². The monoisotopic (exact) mass is 164 g/mol. The maximum absolute atomic E-state index is 10.1. The fraction of sp³-hybridized carbons (Fsp3) is 0.636. The van der Waals surface area contributed by atoms with Gasteiger partial charge in [-0.3, -0.25) is 0 Å². The summed E-state index contributed by atoms with van der Waals surface area (Å²) in [5, 5.41) is 10.1. The molecule has 1 rings (SSSR count). The molecule has 1 heteroatoms. The number of hydrogen-bond acceptors (Lipinski definition) is 1. The standard InChI is InChI=1S/C11H16O/c1-3-10(4-2)11(12)8-6-5-7-9-11/h1,4,10,12H,2,5-9H2. The van der Waals surface area contributed by atoms with Gasteiger partial charge < -0.3 is 5.11 Å². The fourth-order valence-corrected chi connectivity index (χ4v) is 1.92. The number of aliphatic hydroxyl groups is 1. The van der Waals surface area contributed by atoms with Crippen molar-refractivity contribution in [3.63, 3.8) is 0 Å². The van der Waals surface area contributed by atoms with Crippen LogP contribution in [0.3, 0.4) is 0 Å². The molecule has 1 unspecified atom stereocenters. The van der Waals surface area contributed by atoms with Gasteiger partial charge in [0.15, 0.2) is 0 Å². The lowest BCUT2D eigenvalue weighted by Gasteiger charge is -2.35. The number of terminal acetylenes is 1. The molecule has 0 aliphatic heterocycles. The van der Waals surface area contributed by atoms with Crippen LogP contribution in [0.25, 0.3) is 0 Å². The van der Waals surface area contributed by atoms with Crippen molar-refractivity contribution < 1.29 is 5.11 Å². The van der Waals surface area contributed by atoms with E-state index < -0.39 is 5.60 Å². The minimum atomic E-state index is -0.658. The van der Waals surface area contributed by atoms with Crippen LogP contribution >= 0.6 is 0 Å². The van der Waals surface area contributed by atoms with Crippen LogP contribution in [-0.4, -0.2) is 10.7 Å². The molecule has 0 aromatic carbocycles. The summed E-state index contributed by atoms with van der Waals surface area (Å²) in [7, 11) is 0. The van der Waals surface area contributed by atoms with Crippen LogP contribution in [0.2, 0.25) is 0 Å². The van der Waals surface area contributed by atoms with E-state index in [-0.39, 0.29) is 5.92 Å². The van der Waals surface area contributed by atoms with E-state index in [4.69, 9.17) is 6.42 Å². The molecular weight excluding hydrogens is 148 g/mol. The van der Waals surface area contributed by atoms with Crippen molar-refractivity contribution in [2.75, 3.05) is 0 Å². The van der Waals surface area contributed by atoms with Gasteiger partial charge >= 0.3 is 0 Å². The summed E-state index contributed by atoms with van der Waals surface area (Å²) < 4.78 is 0. The molecule has 1 N–H and O–H groups in total. The van der Waals surface area contributed by atoms with Crippen LogP contribution in [0.4, 0.5) is 0 Å². The molecule has 0 amide bonds. The second-order valence-electron chi connectivity index (χ2n) is 3.54. The molecule has 1 atom stereocenters. The molecule has 0 aromatic rings. The molecule has 1 aliphatic carbocycles. The molecule has 0 heterocycles. The molecule has 0 aromatic heterocycles. The van der Waals surface area contributed by atoms with Gasteiger partial charge in [-0.15, -0.1) is 13.0 Å². The summed E-state index contributed by atoms with van der Waals surface area (Å²) in [6.07, 6.45) is 12.0. The number of hydrogen-bond donors (Lipinski definition) is 1. The van der Waals surface area contributed by atoms with Crippen molar-refractivity contribution >= 4 is 0 Å². The lowest BCUT2D eigenvalue weighted by molar-refractivity contribution is -0.0157. The second-order valence-corrected chi connectivity index (χ2v) is 3.54. The van der Waals surface area contributed by atoms with Crippen molar-refractivity contribution in [1.82, 2.24) is 0 Å². The first kappa shape index (κ1) is 9.35. The third-order valence-electron chi connectivity index (χ3n) is 2.71. The highest BCUT2D eigenvalue weighted by Gasteiger charge is 2.34. The van der Waals surface area contributed by atoms with Gasteiger partial charge in [0, 0.05) is 0 Å². The van der Waals surface area contributed by atoms with E-state index in [2.05, 4.69) is 12.5 Å². The van der Waals surface area contributed by atoms with Gasteiger partial charge in [0.1, 0.15) is 0 Å². The summed E-state index contributed by atoms with van der Waals surface area (Å²) in [5.74, 6) is 2.43. The normalized spacial score (nSPS) is 24.0. The van der Waals surface area contributed by atoms with Crippen molar-refractivity contribution in [2.45, 2.75) is 37.7 Å². The first-order valence-electron chi connectivity index (χ1n) is 4.54. The van der Waals surface area contributed by atoms with E-state index in [0.717, 1.165) is 25.7 Å². The molecular formula is C11H16O. The van der Waals surface area contributed by atoms with Gasteiger partial charge in [0.25, 0.3) is 0 Å². The quantitative estimate of drug-likeness (QED) is 0.489. The SMILES string of the molecule is C#CC(C=C)C1(O)CCCCC1. The lowest BCUT2D eigenvalue weighted by atomic mass is 9.76. The van der Waals surface area contributed by atoms with E-state index in [1.165, 1.54) is 6.42 Å². The molecule has 12 heavy (non-hydrogen) atoms. The van der Waals surface area contributed by atoms with Crippen LogP contribution in [0.15, 0.2) is 12.7 Å². The summed E-state index contributed by atoms with van der Waals surface area (Å²) >= 11 is 0. The predicted octanol–water partition coefficient (Wildman–Crippen LogP) is 2.12. The van der Waals surface area contributed by atoms with Crippen LogP contribution in [0, 0.1) is 18.3 Å². The van der Waals surface area contributed by atoms with E-state index in [9.17, 15) is 5.11 Å². The molecule has 0 bridgehead atoms. The van der Waals surface area contributed by atoms with E-state index in [1.807, 2.05) is 0 Å². The Morgan fingerprint density at radius 3 is 2.42 bits per heavy atom. The Morgan fingerprint density at radius 1 is 1.42 bits per heavy atom. The minimum absolute atomic E-state index is 0.169. The molecule has 1 saturated carbocycles. The van der Waals surface area contributed by atoms with Gasteiger partial charge in [0.05, 0.1) is 11.5 Å². The molecule has 66 valence electrons. The fourth-order valence-electron chi connectivity index (χ4n) is 1.92. The maximum Gasteiger partial charge on any atom is 0.0819 e. The lowest BCUT2D eigenvalue weighted by Crippen LogP contribution is -2.38. The largest absolute Gasteiger partial charge is 0.388 e. The average Bonchev–Trinajstić information content (AvgIpc) is 2.07. The molecule has 1 nitrogen and oxygen atoms in total. The Labute approximate surface area is 74.5 Å². The summed E-state index contributed by atoms with van der Waals surface area (Å²) in [5.41, 5.74) is -0.658. The topological polar surface area (TPSA) is 20.2 Å². The van der Waals surface area contributed by atoms with Gasteiger partial charge in [-0.25, -0.2) is 0 Å². The molecule has 1 aliphatic rings. The first-order valence-corrected chi connectivity index (χ1v) is 4.54. The van der Waals surface area contributed by atoms with Crippen molar-refractivity contribution in [3.05, 3.63) is 12.7 Å². The van der Waals surface area contributed by atoms with Crippen molar-refractivity contribution in [3.8, 4) is 12.3 Å². The van der Waals surface area contributed by atoms with Crippen molar-refractivity contribution in [1.29, 1.82) is 0 Å². The zero-order valence-corrected chi connectivity index (χ0v) is 7.42. The zero-order chi connectivity index (χ0) is 9.03. The maximum atomic E-state index is 10.1. The second kappa shape index (κ2) is 3.78. The highest BCUT2D eigenvalue weighted by atomic mass is 16.3. The van der Waals surface area contributed by atoms with E-state index >= 15 is 0 Å². The Morgan fingerprint density at radius 2 is 2.00 bits per heavy atom. The van der Waals surface area contributed by atoms with Crippen molar-refractivity contribution in [2.24, 2.45) is 5.92 Å². The molecule has 0 spiro atoms. The summed E-state index contributed by atoms with van der Waals surface area (Å²) in [4.78, 5) is 0. The van der Waals surface area contributed by atoms with E-state index in [1.54, 1.807) is 6.08 Å². The summed E-state index contributed by atoms with van der Waals surface area (Å²) in [6.45, 7) is 3.65. The van der Waals surface area contributed by atoms with Gasteiger partial charge in [0.2, 0.25) is 0 Å². The average molecular weight is 164 g/mol. The van der Waals surface area contributed by atoms with Gasteiger partial charge in [-0.2, -0.15) is 0 Å². The third kappa shape index (κ3) is 1.70. The molecule has 0 radical (unpaired) electrons. The highest BCUT2D eigenvalue weighted by Crippen LogP contribution is 2.34. The van der Waals surface area contributed by atoms with E-state index in [0.29, 0.717) is 0 Å². The van der Waals surface area contributed by atoms with Gasteiger partial charge in [-0.1, -0.05) is 31.3 Å². The minimum Gasteiger partial charge on any atom is -0.388 e. The molecule has 0 saturated heterocycles. The van der Waals surface area contributed by atoms with Crippen LogP contribution in [0.1, 0.15) is 32.1 Å². The molecule has 1 fully saturated rings. The van der Waals surface area contributed by atoms with Crippen LogP contribution in [0.5, 0.6) is 0 Å². The first-order chi connectivity index (χ1) is 5.73. The Hall–Kier alpha value is -0.740. The Kier molecular flexibility index (Phi) is 2.94.